The summed E-state index contributed by atoms with van der Waals surface area (Å²) in [5.74, 6) is 4.16. The van der Waals surface area contributed by atoms with Gasteiger partial charge in [0.25, 0.3) is 0 Å². The molecule has 8 heteroatoms. The van der Waals surface area contributed by atoms with Gasteiger partial charge >= 0.3 is 0 Å². The van der Waals surface area contributed by atoms with Gasteiger partial charge in [-0.2, -0.15) is 9.97 Å². The van der Waals surface area contributed by atoms with Crippen molar-refractivity contribution in [2.75, 3.05) is 42.2 Å². The summed E-state index contributed by atoms with van der Waals surface area (Å²) in [5.41, 5.74) is 5.90. The first-order valence-electron chi connectivity index (χ1n) is 9.98. The Bertz CT molecular complexity index is 758. The standard InChI is InChI=1S/C19H29N7O/c20-19-23-16(21-7-10-27)11-17(24-19)25-8-2-5-15(13-25)18-22-6-9-26(18)12-14-3-1-4-14/h6,9,11,14-15,27H,1-5,7-8,10,12-13H2,(H3,20,21,23,24)/t15-/m1/s1. The van der Waals surface area contributed by atoms with Gasteiger partial charge in [-0.1, -0.05) is 6.42 Å². The van der Waals surface area contributed by atoms with E-state index >= 15 is 0 Å². The minimum atomic E-state index is 0.0503. The van der Waals surface area contributed by atoms with Crippen LogP contribution in [0.3, 0.4) is 0 Å². The molecule has 0 spiro atoms. The molecule has 1 atom stereocenters. The normalized spacial score (nSPS) is 20.5. The zero-order chi connectivity index (χ0) is 18.6. The van der Waals surface area contributed by atoms with Gasteiger partial charge in [-0.3, -0.25) is 0 Å². The van der Waals surface area contributed by atoms with Crippen LogP contribution >= 0.6 is 0 Å². The SMILES string of the molecule is Nc1nc(NCCO)cc(N2CCC[C@@H](c3nccn3CC3CCC3)C2)n1. The Morgan fingerprint density at radius 2 is 2.11 bits per heavy atom. The van der Waals surface area contributed by atoms with Crippen molar-refractivity contribution in [3.8, 4) is 0 Å². The lowest BCUT2D eigenvalue weighted by Crippen LogP contribution is -2.36. The van der Waals surface area contributed by atoms with Crippen molar-refractivity contribution in [1.29, 1.82) is 0 Å². The van der Waals surface area contributed by atoms with E-state index in [0.717, 1.165) is 44.2 Å². The van der Waals surface area contributed by atoms with Gasteiger partial charge in [0.1, 0.15) is 17.5 Å². The molecule has 2 fully saturated rings. The fourth-order valence-corrected chi connectivity index (χ4v) is 4.07. The van der Waals surface area contributed by atoms with E-state index in [1.165, 1.54) is 25.1 Å². The smallest absolute Gasteiger partial charge is 0.223 e. The predicted molar refractivity (Wildman–Crippen MR) is 106 cm³/mol. The lowest BCUT2D eigenvalue weighted by atomic mass is 9.85. The number of rotatable bonds is 7. The summed E-state index contributed by atoms with van der Waals surface area (Å²) in [5, 5.41) is 12.1. The summed E-state index contributed by atoms with van der Waals surface area (Å²) in [7, 11) is 0. The molecule has 4 rings (SSSR count). The van der Waals surface area contributed by atoms with Crippen molar-refractivity contribution in [2.24, 2.45) is 5.92 Å². The molecule has 1 saturated heterocycles. The summed E-state index contributed by atoms with van der Waals surface area (Å²) in [4.78, 5) is 15.6. The number of anilines is 3. The van der Waals surface area contributed by atoms with Crippen LogP contribution < -0.4 is 16.0 Å². The minimum absolute atomic E-state index is 0.0503. The third-order valence-electron chi connectivity index (χ3n) is 5.69. The minimum Gasteiger partial charge on any atom is -0.395 e. The Hall–Kier alpha value is -2.35. The quantitative estimate of drug-likeness (QED) is 0.682. The first kappa shape index (κ1) is 18.0. The Morgan fingerprint density at radius 1 is 1.22 bits per heavy atom. The van der Waals surface area contributed by atoms with Crippen molar-refractivity contribution in [3.63, 3.8) is 0 Å². The van der Waals surface area contributed by atoms with Crippen molar-refractivity contribution in [1.82, 2.24) is 19.5 Å². The van der Waals surface area contributed by atoms with E-state index in [9.17, 15) is 0 Å². The zero-order valence-corrected chi connectivity index (χ0v) is 15.7. The van der Waals surface area contributed by atoms with E-state index in [1.54, 1.807) is 0 Å². The van der Waals surface area contributed by atoms with Crippen molar-refractivity contribution in [2.45, 2.75) is 44.6 Å². The highest BCUT2D eigenvalue weighted by Gasteiger charge is 2.27. The van der Waals surface area contributed by atoms with E-state index in [2.05, 4.69) is 30.9 Å². The summed E-state index contributed by atoms with van der Waals surface area (Å²) in [6.45, 7) is 3.43. The van der Waals surface area contributed by atoms with Gasteiger partial charge < -0.3 is 25.6 Å². The van der Waals surface area contributed by atoms with E-state index < -0.39 is 0 Å². The molecule has 27 heavy (non-hydrogen) atoms. The highest BCUT2D eigenvalue weighted by molar-refractivity contribution is 5.53. The number of aliphatic hydroxyl groups excluding tert-OH is 1. The molecular weight excluding hydrogens is 342 g/mol. The lowest BCUT2D eigenvalue weighted by molar-refractivity contribution is 0.270. The van der Waals surface area contributed by atoms with Crippen molar-refractivity contribution >= 4 is 17.6 Å². The first-order valence-corrected chi connectivity index (χ1v) is 9.98. The number of nitrogens with two attached hydrogens (primary N) is 1. The van der Waals surface area contributed by atoms with Crippen LogP contribution in [0.15, 0.2) is 18.5 Å². The Balaban J connectivity index is 1.48. The molecule has 1 saturated carbocycles. The average Bonchev–Trinajstić information content (AvgIpc) is 3.11. The maximum atomic E-state index is 9.01. The number of nitrogen functional groups attached to an aromatic ring is 1. The largest absolute Gasteiger partial charge is 0.395 e. The molecule has 2 aromatic rings. The number of hydrogen-bond donors (Lipinski definition) is 3. The van der Waals surface area contributed by atoms with Crippen LogP contribution in [-0.2, 0) is 6.54 Å². The van der Waals surface area contributed by atoms with Gasteiger partial charge in [0.2, 0.25) is 5.95 Å². The predicted octanol–water partition coefficient (Wildman–Crippen LogP) is 1.84. The van der Waals surface area contributed by atoms with Crippen LogP contribution in [0.25, 0.3) is 0 Å². The summed E-state index contributed by atoms with van der Waals surface area (Å²) in [6.07, 6.45) is 10.4. The van der Waals surface area contributed by atoms with Crippen LogP contribution in [0.5, 0.6) is 0 Å². The Morgan fingerprint density at radius 3 is 2.89 bits per heavy atom. The molecule has 2 aliphatic rings. The van der Waals surface area contributed by atoms with Gasteiger partial charge in [0.05, 0.1) is 6.61 Å². The molecule has 1 aliphatic carbocycles. The van der Waals surface area contributed by atoms with Crippen molar-refractivity contribution < 1.29 is 5.11 Å². The first-order chi connectivity index (χ1) is 13.2. The highest BCUT2D eigenvalue weighted by Crippen LogP contribution is 2.32. The number of hydrogen-bond acceptors (Lipinski definition) is 7. The summed E-state index contributed by atoms with van der Waals surface area (Å²) in [6, 6.07) is 1.91. The molecular formula is C19H29N7O. The second-order valence-corrected chi connectivity index (χ2v) is 7.64. The topological polar surface area (TPSA) is 105 Å². The fourth-order valence-electron chi connectivity index (χ4n) is 4.07. The second kappa shape index (κ2) is 8.12. The van der Waals surface area contributed by atoms with Crippen LogP contribution in [0.4, 0.5) is 17.6 Å². The van der Waals surface area contributed by atoms with E-state index in [4.69, 9.17) is 15.8 Å². The molecule has 0 aromatic carbocycles. The lowest BCUT2D eigenvalue weighted by Gasteiger charge is -2.34. The third kappa shape index (κ3) is 4.16. The van der Waals surface area contributed by atoms with Gasteiger partial charge in [-0.05, 0) is 31.6 Å². The number of aliphatic hydroxyl groups is 1. The van der Waals surface area contributed by atoms with Crippen molar-refractivity contribution in [3.05, 3.63) is 24.3 Å². The van der Waals surface area contributed by atoms with Crippen LogP contribution in [0.2, 0.25) is 0 Å². The van der Waals surface area contributed by atoms with Gasteiger partial charge in [-0.15, -0.1) is 0 Å². The van der Waals surface area contributed by atoms with Crippen LogP contribution in [0, 0.1) is 5.92 Å². The number of piperidine rings is 1. The molecule has 0 unspecified atom stereocenters. The molecule has 4 N–H and O–H groups in total. The van der Waals surface area contributed by atoms with Crippen LogP contribution in [0.1, 0.15) is 43.8 Å². The van der Waals surface area contributed by atoms with Gasteiger partial charge in [0, 0.05) is 50.6 Å². The van der Waals surface area contributed by atoms with E-state index in [1.807, 2.05) is 12.3 Å². The second-order valence-electron chi connectivity index (χ2n) is 7.64. The molecule has 3 heterocycles. The number of nitrogens with one attached hydrogen (secondary N) is 1. The zero-order valence-electron chi connectivity index (χ0n) is 15.7. The molecule has 1 aliphatic heterocycles. The Kier molecular flexibility index (Phi) is 5.42. The molecule has 8 nitrogen and oxygen atoms in total. The summed E-state index contributed by atoms with van der Waals surface area (Å²) >= 11 is 0. The molecule has 0 bridgehead atoms. The van der Waals surface area contributed by atoms with E-state index in [-0.39, 0.29) is 12.6 Å². The van der Waals surface area contributed by atoms with E-state index in [0.29, 0.717) is 18.3 Å². The van der Waals surface area contributed by atoms with Gasteiger partial charge in [0.15, 0.2) is 0 Å². The molecule has 146 valence electrons. The average molecular weight is 371 g/mol. The monoisotopic (exact) mass is 371 g/mol. The molecule has 0 amide bonds. The molecule has 2 aromatic heterocycles. The highest BCUT2D eigenvalue weighted by atomic mass is 16.3. The molecule has 0 radical (unpaired) electrons. The van der Waals surface area contributed by atoms with Gasteiger partial charge in [-0.25, -0.2) is 4.98 Å². The number of aromatic nitrogens is 4. The number of imidazole rings is 1. The maximum absolute atomic E-state index is 9.01. The third-order valence-corrected chi connectivity index (χ3v) is 5.69. The maximum Gasteiger partial charge on any atom is 0.223 e. The van der Waals surface area contributed by atoms with Crippen LogP contribution in [-0.4, -0.2) is 50.9 Å². The fraction of sp³-hybridized carbons (Fsp3) is 0.632. The number of nitrogens with zero attached hydrogens (tertiary/aromatic N) is 5. The Labute approximate surface area is 159 Å². The summed E-state index contributed by atoms with van der Waals surface area (Å²) < 4.78 is 2.36.